The summed E-state index contributed by atoms with van der Waals surface area (Å²) in [6.07, 6.45) is 4.31. The van der Waals surface area contributed by atoms with Gasteiger partial charge in [-0.15, -0.1) is 0 Å². The fourth-order valence-corrected chi connectivity index (χ4v) is 4.12. The lowest BCUT2D eigenvalue weighted by Crippen LogP contribution is -2.28. The topological polar surface area (TPSA) is 41.6 Å². The van der Waals surface area contributed by atoms with E-state index in [2.05, 4.69) is 65.7 Å². The van der Waals surface area contributed by atoms with Crippen LogP contribution in [-0.2, 0) is 17.6 Å². The fourth-order valence-electron chi connectivity index (χ4n) is 4.12. The number of rotatable bonds is 6. The maximum atomic E-state index is 11.1. The molecule has 2 heterocycles. The first-order chi connectivity index (χ1) is 13.2. The maximum absolute atomic E-state index is 11.1. The number of carbonyl (C=O) groups excluding carboxylic acids is 1. The molecule has 0 aliphatic carbocycles. The SMILES string of the molecule is C[C@@H]1CCCN1CCc1ccc(-c2ccc(C[C@H]3COC(=O)N3)cc2)cc1. The van der Waals surface area contributed by atoms with Crippen molar-refractivity contribution in [3.8, 4) is 11.1 Å². The third-order valence-electron chi connectivity index (χ3n) is 5.84. The number of benzene rings is 2. The molecule has 2 aromatic rings. The maximum Gasteiger partial charge on any atom is 0.407 e. The van der Waals surface area contributed by atoms with Crippen LogP contribution in [0.1, 0.15) is 30.9 Å². The van der Waals surface area contributed by atoms with Gasteiger partial charge in [0, 0.05) is 12.6 Å². The van der Waals surface area contributed by atoms with Gasteiger partial charge in [-0.3, -0.25) is 0 Å². The van der Waals surface area contributed by atoms with Crippen LogP contribution in [0.2, 0.25) is 0 Å². The molecule has 1 amide bonds. The zero-order valence-corrected chi connectivity index (χ0v) is 16.0. The molecule has 142 valence electrons. The van der Waals surface area contributed by atoms with Gasteiger partial charge in [0.25, 0.3) is 0 Å². The summed E-state index contributed by atoms with van der Waals surface area (Å²) in [7, 11) is 0. The van der Waals surface area contributed by atoms with Crippen LogP contribution < -0.4 is 5.32 Å². The van der Waals surface area contributed by atoms with E-state index in [1.165, 1.54) is 41.6 Å². The smallest absolute Gasteiger partial charge is 0.407 e. The summed E-state index contributed by atoms with van der Waals surface area (Å²) < 4.78 is 4.95. The predicted molar refractivity (Wildman–Crippen MR) is 108 cm³/mol. The van der Waals surface area contributed by atoms with E-state index in [0.29, 0.717) is 6.61 Å². The van der Waals surface area contributed by atoms with Crippen molar-refractivity contribution < 1.29 is 9.53 Å². The van der Waals surface area contributed by atoms with Crippen molar-refractivity contribution in [2.45, 2.75) is 44.7 Å². The fraction of sp³-hybridized carbons (Fsp3) is 0.435. The minimum Gasteiger partial charge on any atom is -0.447 e. The molecule has 0 bridgehead atoms. The summed E-state index contributed by atoms with van der Waals surface area (Å²) in [5.74, 6) is 0. The number of cyclic esters (lactones) is 1. The molecule has 2 fully saturated rings. The van der Waals surface area contributed by atoms with Gasteiger partial charge in [-0.25, -0.2) is 4.79 Å². The van der Waals surface area contributed by atoms with E-state index >= 15 is 0 Å². The van der Waals surface area contributed by atoms with E-state index in [9.17, 15) is 4.79 Å². The van der Waals surface area contributed by atoms with Crippen LogP contribution in [0, 0.1) is 0 Å². The highest BCUT2D eigenvalue weighted by Crippen LogP contribution is 2.22. The number of nitrogens with zero attached hydrogens (tertiary/aromatic N) is 1. The molecular weight excluding hydrogens is 336 g/mol. The van der Waals surface area contributed by atoms with Crippen LogP contribution in [0.5, 0.6) is 0 Å². The largest absolute Gasteiger partial charge is 0.447 e. The van der Waals surface area contributed by atoms with E-state index in [4.69, 9.17) is 4.74 Å². The first-order valence-corrected chi connectivity index (χ1v) is 10.0. The Morgan fingerprint density at radius 1 is 1.04 bits per heavy atom. The van der Waals surface area contributed by atoms with E-state index in [-0.39, 0.29) is 12.1 Å². The Balaban J connectivity index is 1.33. The Morgan fingerprint density at radius 3 is 2.26 bits per heavy atom. The number of likely N-dealkylation sites (tertiary alicyclic amines) is 1. The monoisotopic (exact) mass is 364 g/mol. The lowest BCUT2D eigenvalue weighted by atomic mass is 9.99. The molecule has 0 saturated carbocycles. The van der Waals surface area contributed by atoms with E-state index in [0.717, 1.165) is 25.4 Å². The number of nitrogens with one attached hydrogen (secondary N) is 1. The van der Waals surface area contributed by atoms with Crippen LogP contribution in [0.3, 0.4) is 0 Å². The number of hydrogen-bond acceptors (Lipinski definition) is 3. The lowest BCUT2D eigenvalue weighted by molar-refractivity contribution is 0.177. The van der Waals surface area contributed by atoms with Crippen molar-refractivity contribution >= 4 is 6.09 Å². The summed E-state index contributed by atoms with van der Waals surface area (Å²) in [5.41, 5.74) is 5.10. The van der Waals surface area contributed by atoms with Crippen molar-refractivity contribution in [3.05, 3.63) is 59.7 Å². The van der Waals surface area contributed by atoms with Crippen LogP contribution in [0.15, 0.2) is 48.5 Å². The Labute approximate surface area is 161 Å². The summed E-state index contributed by atoms with van der Waals surface area (Å²) in [5, 5.41) is 2.83. The second-order valence-electron chi connectivity index (χ2n) is 7.81. The van der Waals surface area contributed by atoms with Gasteiger partial charge in [-0.1, -0.05) is 48.5 Å². The molecule has 4 heteroatoms. The number of alkyl carbamates (subject to hydrolysis) is 1. The number of carbonyl (C=O) groups is 1. The van der Waals surface area contributed by atoms with Gasteiger partial charge in [0.2, 0.25) is 0 Å². The highest BCUT2D eigenvalue weighted by molar-refractivity contribution is 5.69. The molecule has 0 radical (unpaired) electrons. The van der Waals surface area contributed by atoms with Gasteiger partial charge in [-0.2, -0.15) is 0 Å². The number of amides is 1. The minimum atomic E-state index is -0.309. The summed E-state index contributed by atoms with van der Waals surface area (Å²) in [4.78, 5) is 13.7. The van der Waals surface area contributed by atoms with Crippen LogP contribution >= 0.6 is 0 Å². The van der Waals surface area contributed by atoms with E-state index < -0.39 is 0 Å². The second-order valence-corrected chi connectivity index (χ2v) is 7.81. The van der Waals surface area contributed by atoms with Gasteiger partial charge >= 0.3 is 6.09 Å². The third kappa shape index (κ3) is 4.51. The molecule has 4 rings (SSSR count). The summed E-state index contributed by atoms with van der Waals surface area (Å²) in [6.45, 7) is 5.21. The Bertz CT molecular complexity index is 770. The van der Waals surface area contributed by atoms with Crippen molar-refractivity contribution in [3.63, 3.8) is 0 Å². The van der Waals surface area contributed by atoms with E-state index in [1.54, 1.807) is 0 Å². The molecule has 0 spiro atoms. The van der Waals surface area contributed by atoms with Crippen LogP contribution in [-0.4, -0.2) is 42.8 Å². The minimum absolute atomic E-state index is 0.0842. The summed E-state index contributed by atoms with van der Waals surface area (Å²) in [6, 6.07) is 18.4. The standard InChI is InChI=1S/C23H28N2O2/c1-17-3-2-13-25(17)14-12-18-4-8-20(9-5-18)21-10-6-19(7-11-21)15-22-16-27-23(26)24-22/h4-11,17,22H,2-3,12-16H2,1H3,(H,24,26)/t17-,22+/m1/s1. The van der Waals surface area contributed by atoms with E-state index in [1.807, 2.05) is 0 Å². The number of ether oxygens (including phenoxy) is 1. The van der Waals surface area contributed by atoms with Gasteiger partial charge in [0.15, 0.2) is 0 Å². The molecule has 2 aliphatic heterocycles. The highest BCUT2D eigenvalue weighted by atomic mass is 16.6. The van der Waals surface area contributed by atoms with Gasteiger partial charge in [-0.05, 0) is 61.4 Å². The average molecular weight is 364 g/mol. The highest BCUT2D eigenvalue weighted by Gasteiger charge is 2.22. The van der Waals surface area contributed by atoms with Crippen molar-refractivity contribution in [2.24, 2.45) is 0 Å². The predicted octanol–water partition coefficient (Wildman–Crippen LogP) is 4.03. The van der Waals surface area contributed by atoms with Gasteiger partial charge in [0.05, 0.1) is 6.04 Å². The molecule has 2 aromatic carbocycles. The third-order valence-corrected chi connectivity index (χ3v) is 5.84. The molecule has 1 N–H and O–H groups in total. The average Bonchev–Trinajstić information content (AvgIpc) is 3.29. The van der Waals surface area contributed by atoms with Crippen LogP contribution in [0.25, 0.3) is 11.1 Å². The van der Waals surface area contributed by atoms with Crippen molar-refractivity contribution in [2.75, 3.05) is 19.7 Å². The van der Waals surface area contributed by atoms with Crippen molar-refractivity contribution in [1.82, 2.24) is 10.2 Å². The number of hydrogen-bond donors (Lipinski definition) is 1. The Hall–Kier alpha value is -2.33. The van der Waals surface area contributed by atoms with Gasteiger partial charge < -0.3 is 15.0 Å². The van der Waals surface area contributed by atoms with Crippen LogP contribution in [0.4, 0.5) is 4.79 Å². The molecule has 0 unspecified atom stereocenters. The molecular formula is C23H28N2O2. The van der Waals surface area contributed by atoms with Gasteiger partial charge in [0.1, 0.15) is 6.61 Å². The zero-order valence-electron chi connectivity index (χ0n) is 16.0. The quantitative estimate of drug-likeness (QED) is 0.841. The molecule has 2 saturated heterocycles. The first-order valence-electron chi connectivity index (χ1n) is 10.0. The molecule has 4 nitrogen and oxygen atoms in total. The molecule has 0 aromatic heterocycles. The normalized spacial score (nSPS) is 22.6. The second kappa shape index (κ2) is 8.13. The Kier molecular flexibility index (Phi) is 5.44. The molecule has 2 aliphatic rings. The van der Waals surface area contributed by atoms with Crippen molar-refractivity contribution in [1.29, 1.82) is 0 Å². The molecule has 2 atom stereocenters. The Morgan fingerprint density at radius 2 is 1.70 bits per heavy atom. The molecule has 27 heavy (non-hydrogen) atoms. The lowest BCUT2D eigenvalue weighted by Gasteiger charge is -2.20. The first kappa shape index (κ1) is 18.1. The summed E-state index contributed by atoms with van der Waals surface area (Å²) >= 11 is 0. The zero-order chi connectivity index (χ0) is 18.6.